The predicted molar refractivity (Wildman–Crippen MR) is 80.5 cm³/mol. The lowest BCUT2D eigenvalue weighted by Crippen LogP contribution is -2.37. The average Bonchev–Trinajstić information content (AvgIpc) is 2.95. The van der Waals surface area contributed by atoms with E-state index in [0.29, 0.717) is 30.7 Å². The molecule has 3 rings (SSSR count). The van der Waals surface area contributed by atoms with Gasteiger partial charge in [-0.25, -0.2) is 4.79 Å². The number of hydrogen-bond donors (Lipinski definition) is 1. The monoisotopic (exact) mass is 301 g/mol. The van der Waals surface area contributed by atoms with Crippen LogP contribution in [0.3, 0.4) is 0 Å². The van der Waals surface area contributed by atoms with E-state index < -0.39 is 6.09 Å². The molecule has 0 bridgehead atoms. The molecule has 1 aromatic heterocycles. The number of rotatable bonds is 3. The zero-order valence-electron chi connectivity index (χ0n) is 12.5. The molecule has 1 N–H and O–H groups in total. The summed E-state index contributed by atoms with van der Waals surface area (Å²) in [7, 11) is 0. The van der Waals surface area contributed by atoms with Gasteiger partial charge >= 0.3 is 6.09 Å². The summed E-state index contributed by atoms with van der Waals surface area (Å²) in [5.41, 5.74) is 2.16. The predicted octanol–water partition coefficient (Wildman–Crippen LogP) is 2.98. The summed E-state index contributed by atoms with van der Waals surface area (Å²) >= 11 is 0. The fraction of sp³-hybridized carbons (Fsp3) is 0.438. The first kappa shape index (κ1) is 14.6. The Morgan fingerprint density at radius 1 is 1.41 bits per heavy atom. The maximum atomic E-state index is 10.9. The van der Waals surface area contributed by atoms with Gasteiger partial charge in [-0.15, -0.1) is 0 Å². The second-order valence-corrected chi connectivity index (χ2v) is 5.76. The molecule has 1 aromatic carbocycles. The Morgan fingerprint density at radius 2 is 2.18 bits per heavy atom. The van der Waals surface area contributed by atoms with Crippen molar-refractivity contribution in [2.75, 3.05) is 13.1 Å². The van der Waals surface area contributed by atoms with E-state index in [1.807, 2.05) is 12.1 Å². The Labute approximate surface area is 128 Å². The minimum Gasteiger partial charge on any atom is -0.465 e. The van der Waals surface area contributed by atoms with E-state index in [2.05, 4.69) is 22.3 Å². The molecule has 0 radical (unpaired) electrons. The lowest BCUT2D eigenvalue weighted by atomic mass is 9.90. The van der Waals surface area contributed by atoms with Crippen LogP contribution >= 0.6 is 0 Å². The van der Waals surface area contributed by atoms with Gasteiger partial charge in [0.25, 0.3) is 5.89 Å². The third-order valence-corrected chi connectivity index (χ3v) is 4.11. The number of amides is 1. The van der Waals surface area contributed by atoms with Crippen LogP contribution in [-0.4, -0.2) is 39.3 Å². The van der Waals surface area contributed by atoms with Crippen LogP contribution in [0.4, 0.5) is 4.79 Å². The second kappa shape index (κ2) is 6.17. The van der Waals surface area contributed by atoms with Crippen LogP contribution in [-0.2, 0) is 6.42 Å². The lowest BCUT2D eigenvalue weighted by molar-refractivity contribution is 0.124. The maximum absolute atomic E-state index is 10.9. The van der Waals surface area contributed by atoms with Crippen molar-refractivity contribution in [3.8, 4) is 11.5 Å². The second-order valence-electron chi connectivity index (χ2n) is 5.76. The molecule has 1 fully saturated rings. The van der Waals surface area contributed by atoms with Crippen molar-refractivity contribution in [1.82, 2.24) is 15.0 Å². The van der Waals surface area contributed by atoms with Crippen LogP contribution in [0.2, 0.25) is 0 Å². The van der Waals surface area contributed by atoms with Crippen LogP contribution in [0.5, 0.6) is 0 Å². The van der Waals surface area contributed by atoms with E-state index in [0.717, 1.165) is 24.8 Å². The van der Waals surface area contributed by atoms with Crippen LogP contribution in [0.1, 0.15) is 24.2 Å². The van der Waals surface area contributed by atoms with Gasteiger partial charge in [0.15, 0.2) is 5.82 Å². The molecular weight excluding hydrogens is 282 g/mol. The van der Waals surface area contributed by atoms with Crippen molar-refractivity contribution >= 4 is 6.09 Å². The number of aromatic nitrogens is 2. The zero-order chi connectivity index (χ0) is 15.5. The first-order chi connectivity index (χ1) is 10.6. The number of nitrogens with zero attached hydrogens (tertiary/aromatic N) is 3. The van der Waals surface area contributed by atoms with Gasteiger partial charge in [0.05, 0.1) is 0 Å². The number of aryl methyl sites for hydroxylation is 1. The van der Waals surface area contributed by atoms with Crippen molar-refractivity contribution in [1.29, 1.82) is 0 Å². The first-order valence-corrected chi connectivity index (χ1v) is 7.49. The zero-order valence-corrected chi connectivity index (χ0v) is 12.5. The summed E-state index contributed by atoms with van der Waals surface area (Å²) in [6.07, 6.45) is 1.97. The average molecular weight is 301 g/mol. The number of carboxylic acid groups (broad SMARTS) is 1. The van der Waals surface area contributed by atoms with Gasteiger partial charge in [0, 0.05) is 18.7 Å². The summed E-state index contributed by atoms with van der Waals surface area (Å²) in [6.45, 7) is 3.05. The molecule has 0 unspecified atom stereocenters. The topological polar surface area (TPSA) is 79.5 Å². The van der Waals surface area contributed by atoms with Crippen LogP contribution in [0.25, 0.3) is 11.5 Å². The summed E-state index contributed by atoms with van der Waals surface area (Å²) in [4.78, 5) is 16.7. The smallest absolute Gasteiger partial charge is 0.407 e. The van der Waals surface area contributed by atoms with E-state index in [1.165, 1.54) is 10.5 Å². The molecule has 2 aromatic rings. The number of benzene rings is 1. The molecule has 0 atom stereocenters. The molecule has 1 aliphatic heterocycles. The quantitative estimate of drug-likeness (QED) is 0.942. The van der Waals surface area contributed by atoms with Crippen molar-refractivity contribution in [2.45, 2.75) is 26.2 Å². The van der Waals surface area contributed by atoms with Crippen LogP contribution < -0.4 is 0 Å². The molecule has 1 saturated heterocycles. The summed E-state index contributed by atoms with van der Waals surface area (Å²) in [5, 5.41) is 12.8. The minimum atomic E-state index is -0.813. The Kier molecular flexibility index (Phi) is 4.09. The third kappa shape index (κ3) is 3.27. The summed E-state index contributed by atoms with van der Waals surface area (Å²) < 4.78 is 5.20. The molecule has 116 valence electrons. The summed E-state index contributed by atoms with van der Waals surface area (Å²) in [5.74, 6) is 1.69. The molecule has 1 amide bonds. The van der Waals surface area contributed by atoms with Crippen molar-refractivity contribution in [2.24, 2.45) is 5.92 Å². The standard InChI is InChI=1S/C16H19N3O3/c1-11-17-15(22-18-11)14-4-2-3-13(10-14)9-12-5-7-19(8-6-12)16(20)21/h2-4,10,12H,5-9H2,1H3,(H,20,21). The lowest BCUT2D eigenvalue weighted by Gasteiger charge is -2.30. The molecule has 6 heteroatoms. The van der Waals surface area contributed by atoms with E-state index in [1.54, 1.807) is 6.92 Å². The van der Waals surface area contributed by atoms with Gasteiger partial charge in [0.2, 0.25) is 0 Å². The fourth-order valence-electron chi connectivity index (χ4n) is 2.91. The van der Waals surface area contributed by atoms with Gasteiger partial charge in [-0.3, -0.25) is 0 Å². The Hall–Kier alpha value is -2.37. The van der Waals surface area contributed by atoms with Crippen molar-refractivity contribution < 1.29 is 14.4 Å². The Bertz CT molecular complexity index is 660. The van der Waals surface area contributed by atoms with Crippen LogP contribution in [0.15, 0.2) is 28.8 Å². The van der Waals surface area contributed by atoms with Gasteiger partial charge in [0.1, 0.15) is 0 Å². The van der Waals surface area contributed by atoms with E-state index >= 15 is 0 Å². The molecule has 22 heavy (non-hydrogen) atoms. The fourth-order valence-corrected chi connectivity index (χ4v) is 2.91. The first-order valence-electron chi connectivity index (χ1n) is 7.49. The van der Waals surface area contributed by atoms with Crippen molar-refractivity contribution in [3.63, 3.8) is 0 Å². The normalized spacial score (nSPS) is 16.0. The van der Waals surface area contributed by atoms with E-state index in [4.69, 9.17) is 9.63 Å². The molecule has 0 spiro atoms. The minimum absolute atomic E-state index is 0.523. The van der Waals surface area contributed by atoms with Gasteiger partial charge < -0.3 is 14.5 Å². The van der Waals surface area contributed by atoms with Gasteiger partial charge in [-0.2, -0.15) is 4.98 Å². The molecule has 2 heterocycles. The van der Waals surface area contributed by atoms with E-state index in [9.17, 15) is 4.79 Å². The Morgan fingerprint density at radius 3 is 2.82 bits per heavy atom. The number of likely N-dealkylation sites (tertiary alicyclic amines) is 1. The maximum Gasteiger partial charge on any atom is 0.407 e. The highest BCUT2D eigenvalue weighted by atomic mass is 16.5. The molecule has 1 aliphatic rings. The van der Waals surface area contributed by atoms with Gasteiger partial charge in [-0.1, -0.05) is 17.3 Å². The number of piperidine rings is 1. The molecule has 0 saturated carbocycles. The number of hydrogen-bond acceptors (Lipinski definition) is 4. The highest BCUT2D eigenvalue weighted by Crippen LogP contribution is 2.24. The SMILES string of the molecule is Cc1noc(-c2cccc(CC3CCN(C(=O)O)CC3)c2)n1. The highest BCUT2D eigenvalue weighted by molar-refractivity contribution is 5.65. The molecular formula is C16H19N3O3. The Balaban J connectivity index is 1.65. The van der Waals surface area contributed by atoms with Crippen LogP contribution in [0, 0.1) is 12.8 Å². The van der Waals surface area contributed by atoms with E-state index in [-0.39, 0.29) is 0 Å². The molecule has 0 aliphatic carbocycles. The highest BCUT2D eigenvalue weighted by Gasteiger charge is 2.22. The third-order valence-electron chi connectivity index (χ3n) is 4.11. The van der Waals surface area contributed by atoms with Gasteiger partial charge in [-0.05, 0) is 49.8 Å². The molecule has 6 nitrogen and oxygen atoms in total. The van der Waals surface area contributed by atoms with Crippen molar-refractivity contribution in [3.05, 3.63) is 35.7 Å². The summed E-state index contributed by atoms with van der Waals surface area (Å²) in [6, 6.07) is 8.13. The largest absolute Gasteiger partial charge is 0.465 e. The number of carbonyl (C=O) groups is 1.